The molecule has 0 radical (unpaired) electrons. The van der Waals surface area contributed by atoms with Gasteiger partial charge in [0, 0.05) is 12.1 Å². The lowest BCUT2D eigenvalue weighted by Gasteiger charge is -2.25. The zero-order chi connectivity index (χ0) is 22.5. The fraction of sp³-hybridized carbons (Fsp3) is 0.360. The number of aliphatic hydroxyl groups is 1. The van der Waals surface area contributed by atoms with Gasteiger partial charge in [0.25, 0.3) is 11.7 Å². The lowest BCUT2D eigenvalue weighted by molar-refractivity contribution is -0.139. The highest BCUT2D eigenvalue weighted by atomic mass is 16.5. The standard InChI is InChI=1S/C25H29NO5/c1-5-13-26-22(17-9-11-19(12-10-17)31-15-16(2)3)21(24(28)25(26)29)23(27)18-7-6-8-20(14-18)30-4/h6-12,14,16,22,27H,5,13,15H2,1-4H3/b23-21-. The summed E-state index contributed by atoms with van der Waals surface area (Å²) in [5, 5.41) is 11.0. The van der Waals surface area contributed by atoms with Crippen molar-refractivity contribution in [2.75, 3.05) is 20.3 Å². The van der Waals surface area contributed by atoms with Crippen molar-refractivity contribution in [3.63, 3.8) is 0 Å². The van der Waals surface area contributed by atoms with Gasteiger partial charge in [-0.2, -0.15) is 0 Å². The first-order valence-corrected chi connectivity index (χ1v) is 10.5. The molecule has 0 spiro atoms. The van der Waals surface area contributed by atoms with E-state index in [2.05, 4.69) is 13.8 Å². The van der Waals surface area contributed by atoms with Crippen molar-refractivity contribution in [1.82, 2.24) is 4.90 Å². The minimum absolute atomic E-state index is 0.0857. The third-order valence-electron chi connectivity index (χ3n) is 5.13. The fourth-order valence-corrected chi connectivity index (χ4v) is 3.63. The van der Waals surface area contributed by atoms with Crippen LogP contribution >= 0.6 is 0 Å². The Bertz CT molecular complexity index is 978. The first kappa shape index (κ1) is 22.4. The minimum atomic E-state index is -0.682. The lowest BCUT2D eigenvalue weighted by atomic mass is 9.95. The van der Waals surface area contributed by atoms with Crippen molar-refractivity contribution in [3.8, 4) is 11.5 Å². The van der Waals surface area contributed by atoms with Crippen molar-refractivity contribution < 1.29 is 24.2 Å². The second-order valence-corrected chi connectivity index (χ2v) is 8.00. The van der Waals surface area contributed by atoms with E-state index >= 15 is 0 Å². The Hall–Kier alpha value is -3.28. The number of methoxy groups -OCH3 is 1. The molecular weight excluding hydrogens is 394 g/mol. The molecule has 2 aromatic rings. The van der Waals surface area contributed by atoms with Crippen molar-refractivity contribution in [2.45, 2.75) is 33.2 Å². The predicted octanol–water partition coefficient (Wildman–Crippen LogP) is 4.56. The minimum Gasteiger partial charge on any atom is -0.507 e. The largest absolute Gasteiger partial charge is 0.507 e. The Morgan fingerprint density at radius 3 is 2.42 bits per heavy atom. The number of aliphatic hydroxyl groups excluding tert-OH is 1. The number of Topliss-reactive ketones (excluding diaryl/α,β-unsaturated/α-hetero) is 1. The highest BCUT2D eigenvalue weighted by Gasteiger charge is 2.45. The summed E-state index contributed by atoms with van der Waals surface area (Å²) >= 11 is 0. The summed E-state index contributed by atoms with van der Waals surface area (Å²) in [7, 11) is 1.53. The summed E-state index contributed by atoms with van der Waals surface area (Å²) in [5.74, 6) is 0.184. The number of likely N-dealkylation sites (tertiary alicyclic amines) is 1. The molecule has 0 aromatic heterocycles. The summed E-state index contributed by atoms with van der Waals surface area (Å²) in [4.78, 5) is 27.2. The van der Waals surface area contributed by atoms with Crippen LogP contribution in [0.5, 0.6) is 11.5 Å². The lowest BCUT2D eigenvalue weighted by Crippen LogP contribution is -2.30. The molecule has 1 saturated heterocycles. The van der Waals surface area contributed by atoms with Crippen molar-refractivity contribution in [2.24, 2.45) is 5.92 Å². The molecule has 1 unspecified atom stereocenters. The van der Waals surface area contributed by atoms with E-state index in [1.165, 1.54) is 12.0 Å². The van der Waals surface area contributed by atoms with E-state index < -0.39 is 17.7 Å². The number of hydrogen-bond donors (Lipinski definition) is 1. The molecule has 3 rings (SSSR count). The topological polar surface area (TPSA) is 76.1 Å². The Morgan fingerprint density at radius 1 is 1.10 bits per heavy atom. The van der Waals surface area contributed by atoms with Crippen LogP contribution in [0.3, 0.4) is 0 Å². The molecule has 1 amide bonds. The van der Waals surface area contributed by atoms with Gasteiger partial charge in [-0.05, 0) is 42.2 Å². The maximum Gasteiger partial charge on any atom is 0.295 e. The van der Waals surface area contributed by atoms with E-state index in [0.717, 1.165) is 11.3 Å². The highest BCUT2D eigenvalue weighted by molar-refractivity contribution is 6.46. The fourth-order valence-electron chi connectivity index (χ4n) is 3.63. The zero-order valence-electron chi connectivity index (χ0n) is 18.4. The number of amides is 1. The number of ketones is 1. The Morgan fingerprint density at radius 2 is 1.81 bits per heavy atom. The van der Waals surface area contributed by atoms with Gasteiger partial charge in [0.2, 0.25) is 0 Å². The Labute approximate surface area is 183 Å². The summed E-state index contributed by atoms with van der Waals surface area (Å²) < 4.78 is 11.0. The quantitative estimate of drug-likeness (QED) is 0.383. The van der Waals surface area contributed by atoms with Crippen molar-refractivity contribution in [3.05, 3.63) is 65.2 Å². The summed E-state index contributed by atoms with van der Waals surface area (Å²) in [5.41, 5.74) is 1.26. The Balaban J connectivity index is 2.06. The molecule has 1 aliphatic rings. The number of rotatable bonds is 8. The molecule has 0 bridgehead atoms. The first-order chi connectivity index (χ1) is 14.9. The third kappa shape index (κ3) is 4.74. The van der Waals surface area contributed by atoms with E-state index in [1.54, 1.807) is 24.3 Å². The number of carbonyl (C=O) groups excluding carboxylic acids is 2. The van der Waals surface area contributed by atoms with E-state index in [0.29, 0.717) is 36.8 Å². The number of carbonyl (C=O) groups is 2. The molecule has 1 atom stereocenters. The smallest absolute Gasteiger partial charge is 0.295 e. The van der Waals surface area contributed by atoms with Gasteiger partial charge < -0.3 is 19.5 Å². The molecule has 6 nitrogen and oxygen atoms in total. The van der Waals surface area contributed by atoms with Gasteiger partial charge in [-0.15, -0.1) is 0 Å². The van der Waals surface area contributed by atoms with E-state index in [9.17, 15) is 14.7 Å². The Kier molecular flexibility index (Phi) is 7.00. The van der Waals surface area contributed by atoms with E-state index in [1.807, 2.05) is 31.2 Å². The number of benzene rings is 2. The highest BCUT2D eigenvalue weighted by Crippen LogP contribution is 2.40. The summed E-state index contributed by atoms with van der Waals surface area (Å²) in [6.07, 6.45) is 0.693. The zero-order valence-corrected chi connectivity index (χ0v) is 18.4. The number of nitrogens with zero attached hydrogens (tertiary/aromatic N) is 1. The van der Waals surface area contributed by atoms with Gasteiger partial charge in [0.05, 0.1) is 25.3 Å². The average molecular weight is 424 g/mol. The van der Waals surface area contributed by atoms with Crippen LogP contribution in [0, 0.1) is 5.92 Å². The molecule has 1 N–H and O–H groups in total. The normalized spacial score (nSPS) is 18.0. The van der Waals surface area contributed by atoms with Crippen LogP contribution in [0.15, 0.2) is 54.1 Å². The van der Waals surface area contributed by atoms with Gasteiger partial charge in [-0.3, -0.25) is 9.59 Å². The number of ether oxygens (including phenoxy) is 2. The van der Waals surface area contributed by atoms with Crippen molar-refractivity contribution >= 4 is 17.4 Å². The summed E-state index contributed by atoms with van der Waals surface area (Å²) in [6.45, 7) is 7.11. The van der Waals surface area contributed by atoms with Gasteiger partial charge in [0.1, 0.15) is 17.3 Å². The van der Waals surface area contributed by atoms with E-state index in [4.69, 9.17) is 9.47 Å². The monoisotopic (exact) mass is 423 g/mol. The van der Waals surface area contributed by atoms with Gasteiger partial charge in [-0.1, -0.05) is 45.0 Å². The molecule has 164 valence electrons. The van der Waals surface area contributed by atoms with Gasteiger partial charge in [0.15, 0.2) is 0 Å². The van der Waals surface area contributed by atoms with Crippen LogP contribution in [0.25, 0.3) is 5.76 Å². The maximum atomic E-state index is 12.9. The second kappa shape index (κ2) is 9.69. The molecule has 1 aliphatic heterocycles. The molecule has 1 heterocycles. The molecule has 6 heteroatoms. The van der Waals surface area contributed by atoms with Crippen LogP contribution < -0.4 is 9.47 Å². The average Bonchev–Trinajstić information content (AvgIpc) is 3.03. The van der Waals surface area contributed by atoms with E-state index in [-0.39, 0.29) is 11.3 Å². The number of hydrogen-bond acceptors (Lipinski definition) is 5. The molecular formula is C25H29NO5. The first-order valence-electron chi connectivity index (χ1n) is 10.5. The SMILES string of the molecule is CCCN1C(=O)C(=O)/C(=C(\O)c2cccc(OC)c2)C1c1ccc(OCC(C)C)cc1. The molecule has 1 fully saturated rings. The van der Waals surface area contributed by atoms with Gasteiger partial charge in [-0.25, -0.2) is 0 Å². The predicted molar refractivity (Wildman–Crippen MR) is 119 cm³/mol. The second-order valence-electron chi connectivity index (χ2n) is 8.00. The molecule has 31 heavy (non-hydrogen) atoms. The van der Waals surface area contributed by atoms with Gasteiger partial charge >= 0.3 is 0 Å². The molecule has 0 saturated carbocycles. The molecule has 0 aliphatic carbocycles. The van der Waals surface area contributed by atoms with Crippen LogP contribution in [-0.2, 0) is 9.59 Å². The van der Waals surface area contributed by atoms with Crippen LogP contribution in [0.1, 0.15) is 44.4 Å². The van der Waals surface area contributed by atoms with Crippen molar-refractivity contribution in [1.29, 1.82) is 0 Å². The maximum absolute atomic E-state index is 12.9. The third-order valence-corrected chi connectivity index (χ3v) is 5.13. The summed E-state index contributed by atoms with van der Waals surface area (Å²) in [6, 6.07) is 13.5. The molecule has 2 aromatic carbocycles. The van der Waals surface area contributed by atoms with Crippen LogP contribution in [-0.4, -0.2) is 42.0 Å². The van der Waals surface area contributed by atoms with Crippen LogP contribution in [0.2, 0.25) is 0 Å². The van der Waals surface area contributed by atoms with Crippen LogP contribution in [0.4, 0.5) is 0 Å².